The zero-order chi connectivity index (χ0) is 16.4. The number of halogens is 2. The van der Waals surface area contributed by atoms with E-state index in [9.17, 15) is 4.79 Å². The van der Waals surface area contributed by atoms with Crippen LogP contribution in [0.5, 0.6) is 0 Å². The molecule has 0 fully saturated rings. The molecule has 0 radical (unpaired) electrons. The van der Waals surface area contributed by atoms with Gasteiger partial charge in [0.25, 0.3) is 0 Å². The van der Waals surface area contributed by atoms with E-state index in [1.54, 1.807) is 18.2 Å². The Balaban J connectivity index is 2.30. The second kappa shape index (κ2) is 10.7. The van der Waals surface area contributed by atoms with Gasteiger partial charge in [-0.05, 0) is 36.6 Å². The number of amides is 1. The van der Waals surface area contributed by atoms with Gasteiger partial charge in [0.05, 0.1) is 0 Å². The average Bonchev–Trinajstić information content (AvgIpc) is 2.47. The summed E-state index contributed by atoms with van der Waals surface area (Å²) in [5.41, 5.74) is 6.35. The summed E-state index contributed by atoms with van der Waals surface area (Å²) in [5, 5.41) is 1.04. The second-order valence-electron chi connectivity index (χ2n) is 5.22. The Kier molecular flexibility index (Phi) is 9.28. The van der Waals surface area contributed by atoms with Crippen molar-refractivity contribution in [2.24, 2.45) is 0 Å². The third-order valence-electron chi connectivity index (χ3n) is 3.32. The van der Waals surface area contributed by atoms with E-state index < -0.39 is 6.09 Å². The van der Waals surface area contributed by atoms with E-state index in [1.807, 2.05) is 0 Å². The van der Waals surface area contributed by atoms with Crippen LogP contribution in [0.3, 0.4) is 0 Å². The van der Waals surface area contributed by atoms with Gasteiger partial charge in [-0.15, -0.1) is 0 Å². The summed E-state index contributed by atoms with van der Waals surface area (Å²) < 4.78 is 5.13. The third-order valence-corrected chi connectivity index (χ3v) is 3.76. The first kappa shape index (κ1) is 19.1. The van der Waals surface area contributed by atoms with Crippen LogP contribution in [0.4, 0.5) is 4.79 Å². The number of hydrogen-bond donors (Lipinski definition) is 2. The number of carbonyl (C=O) groups excluding carboxylic acids is 1. The van der Waals surface area contributed by atoms with Crippen molar-refractivity contribution in [2.45, 2.75) is 58.6 Å². The van der Waals surface area contributed by atoms with Gasteiger partial charge in [-0.3, -0.25) is 5.43 Å². The minimum absolute atomic E-state index is 0.125. The Morgan fingerprint density at radius 1 is 1.18 bits per heavy atom. The molecule has 0 aliphatic carbocycles. The van der Waals surface area contributed by atoms with Crippen molar-refractivity contribution in [1.82, 2.24) is 10.9 Å². The van der Waals surface area contributed by atoms with Crippen molar-refractivity contribution in [3.63, 3.8) is 0 Å². The molecule has 22 heavy (non-hydrogen) atoms. The van der Waals surface area contributed by atoms with Gasteiger partial charge in [0.1, 0.15) is 6.61 Å². The number of rotatable bonds is 9. The first-order valence-electron chi connectivity index (χ1n) is 7.68. The zero-order valence-corrected chi connectivity index (χ0v) is 14.6. The molecule has 1 unspecified atom stereocenters. The summed E-state index contributed by atoms with van der Waals surface area (Å²) in [5.74, 6) is 0. The maximum Gasteiger partial charge on any atom is 0.421 e. The normalized spacial score (nSPS) is 12.0. The SMILES string of the molecule is CCCCCC(CC)NNC(=O)OCc1cc(Cl)cc(Cl)c1. The van der Waals surface area contributed by atoms with Crippen LogP contribution in [-0.4, -0.2) is 12.1 Å². The van der Waals surface area contributed by atoms with Gasteiger partial charge < -0.3 is 4.74 Å². The molecule has 1 atom stereocenters. The zero-order valence-electron chi connectivity index (χ0n) is 13.1. The van der Waals surface area contributed by atoms with E-state index in [4.69, 9.17) is 27.9 Å². The Morgan fingerprint density at radius 3 is 2.45 bits per heavy atom. The fourth-order valence-electron chi connectivity index (χ4n) is 2.06. The Bertz CT molecular complexity index is 449. The summed E-state index contributed by atoms with van der Waals surface area (Å²) >= 11 is 11.8. The standard InChI is InChI=1S/C16H24Cl2N2O2/c1-3-5-6-7-15(4-2)19-20-16(21)22-11-12-8-13(17)10-14(18)9-12/h8-10,15,19H,3-7,11H2,1-2H3,(H,20,21). The highest BCUT2D eigenvalue weighted by atomic mass is 35.5. The van der Waals surface area contributed by atoms with E-state index in [1.165, 1.54) is 12.8 Å². The Hall–Kier alpha value is -0.970. The predicted molar refractivity (Wildman–Crippen MR) is 91.1 cm³/mol. The predicted octanol–water partition coefficient (Wildman–Crippen LogP) is 5.08. The van der Waals surface area contributed by atoms with E-state index in [0.717, 1.165) is 24.8 Å². The molecule has 1 amide bonds. The highest BCUT2D eigenvalue weighted by molar-refractivity contribution is 6.34. The molecule has 0 heterocycles. The lowest BCUT2D eigenvalue weighted by Gasteiger charge is -2.17. The van der Waals surface area contributed by atoms with Gasteiger partial charge in [-0.2, -0.15) is 0 Å². The van der Waals surface area contributed by atoms with Crippen molar-refractivity contribution in [3.8, 4) is 0 Å². The summed E-state index contributed by atoms with van der Waals surface area (Å²) in [7, 11) is 0. The molecule has 0 aromatic heterocycles. The number of benzene rings is 1. The molecule has 1 aromatic rings. The van der Waals surface area contributed by atoms with Crippen molar-refractivity contribution in [2.75, 3.05) is 0 Å². The monoisotopic (exact) mass is 346 g/mol. The molecule has 2 N–H and O–H groups in total. The first-order chi connectivity index (χ1) is 10.5. The van der Waals surface area contributed by atoms with Gasteiger partial charge in [0.2, 0.25) is 0 Å². The number of unbranched alkanes of at least 4 members (excludes halogenated alkanes) is 2. The molecular weight excluding hydrogens is 323 g/mol. The summed E-state index contributed by atoms with van der Waals surface area (Å²) in [4.78, 5) is 11.7. The number of ether oxygens (including phenoxy) is 1. The van der Waals surface area contributed by atoms with Crippen LogP contribution in [0.15, 0.2) is 18.2 Å². The second-order valence-corrected chi connectivity index (χ2v) is 6.10. The highest BCUT2D eigenvalue weighted by Crippen LogP contribution is 2.19. The smallest absolute Gasteiger partial charge is 0.421 e. The quantitative estimate of drug-likeness (QED) is 0.484. The molecule has 0 saturated heterocycles. The first-order valence-corrected chi connectivity index (χ1v) is 8.44. The minimum atomic E-state index is -0.509. The molecule has 124 valence electrons. The number of hydrogen-bond acceptors (Lipinski definition) is 3. The van der Waals surface area contributed by atoms with Crippen molar-refractivity contribution >= 4 is 29.3 Å². The van der Waals surface area contributed by atoms with Gasteiger partial charge in [-0.1, -0.05) is 56.3 Å². The van der Waals surface area contributed by atoms with Crippen LogP contribution in [0.1, 0.15) is 51.5 Å². The summed E-state index contributed by atoms with van der Waals surface area (Å²) in [6, 6.07) is 5.33. The summed E-state index contributed by atoms with van der Waals surface area (Å²) in [6.45, 7) is 4.39. The Morgan fingerprint density at radius 2 is 1.86 bits per heavy atom. The van der Waals surface area contributed by atoms with Crippen LogP contribution in [0.2, 0.25) is 10.0 Å². The number of carbonyl (C=O) groups is 1. The molecule has 1 aromatic carbocycles. The number of hydrazine groups is 1. The molecule has 4 nitrogen and oxygen atoms in total. The third kappa shape index (κ3) is 7.87. The van der Waals surface area contributed by atoms with Gasteiger partial charge in [0, 0.05) is 16.1 Å². The molecule has 0 spiro atoms. The maximum atomic E-state index is 11.7. The van der Waals surface area contributed by atoms with Crippen LogP contribution in [-0.2, 0) is 11.3 Å². The minimum Gasteiger partial charge on any atom is -0.444 e. The molecular formula is C16H24Cl2N2O2. The Labute approximate surface area is 142 Å². The summed E-state index contributed by atoms with van der Waals surface area (Å²) in [6.07, 6.45) is 5.03. The molecule has 6 heteroatoms. The fraction of sp³-hybridized carbons (Fsp3) is 0.562. The van der Waals surface area contributed by atoms with Crippen molar-refractivity contribution < 1.29 is 9.53 Å². The van der Waals surface area contributed by atoms with E-state index in [2.05, 4.69) is 24.7 Å². The van der Waals surface area contributed by atoms with Crippen LogP contribution >= 0.6 is 23.2 Å². The maximum absolute atomic E-state index is 11.7. The van der Waals surface area contributed by atoms with Crippen molar-refractivity contribution in [3.05, 3.63) is 33.8 Å². The molecule has 1 rings (SSSR count). The van der Waals surface area contributed by atoms with Gasteiger partial charge in [-0.25, -0.2) is 10.2 Å². The van der Waals surface area contributed by atoms with Crippen LogP contribution in [0, 0.1) is 0 Å². The van der Waals surface area contributed by atoms with E-state index >= 15 is 0 Å². The van der Waals surface area contributed by atoms with Crippen molar-refractivity contribution in [1.29, 1.82) is 0 Å². The van der Waals surface area contributed by atoms with Gasteiger partial charge in [0.15, 0.2) is 0 Å². The lowest BCUT2D eigenvalue weighted by atomic mass is 10.1. The van der Waals surface area contributed by atoms with Gasteiger partial charge >= 0.3 is 6.09 Å². The van der Waals surface area contributed by atoms with E-state index in [-0.39, 0.29) is 12.6 Å². The van der Waals surface area contributed by atoms with Crippen LogP contribution in [0.25, 0.3) is 0 Å². The topological polar surface area (TPSA) is 50.4 Å². The fourth-order valence-corrected chi connectivity index (χ4v) is 2.63. The van der Waals surface area contributed by atoms with Crippen LogP contribution < -0.4 is 10.9 Å². The van der Waals surface area contributed by atoms with E-state index in [0.29, 0.717) is 10.0 Å². The lowest BCUT2D eigenvalue weighted by molar-refractivity contribution is 0.132. The largest absolute Gasteiger partial charge is 0.444 e. The molecule has 0 aliphatic rings. The molecule has 0 bridgehead atoms. The average molecular weight is 347 g/mol. The lowest BCUT2D eigenvalue weighted by Crippen LogP contribution is -2.44. The highest BCUT2D eigenvalue weighted by Gasteiger charge is 2.08. The molecule has 0 saturated carbocycles. The molecule has 0 aliphatic heterocycles. The number of nitrogens with one attached hydrogen (secondary N) is 2.